The number of rotatable bonds is 6. The summed E-state index contributed by atoms with van der Waals surface area (Å²) in [6.07, 6.45) is 3.82. The van der Waals surface area contributed by atoms with Gasteiger partial charge in [0.1, 0.15) is 0 Å². The van der Waals surface area contributed by atoms with Gasteiger partial charge >= 0.3 is 0 Å². The molecule has 102 valence electrons. The van der Waals surface area contributed by atoms with E-state index in [2.05, 4.69) is 29.9 Å². The molecule has 2 aromatic rings. The lowest BCUT2D eigenvalue weighted by Gasteiger charge is -2.26. The SMILES string of the molecule is CC(C)N(CCn1cccn1)Cc1cccc(N)c1. The predicted molar refractivity (Wildman–Crippen MR) is 78.6 cm³/mol. The van der Waals surface area contributed by atoms with Crippen LogP contribution in [-0.4, -0.2) is 27.3 Å². The molecule has 2 rings (SSSR count). The Morgan fingerprint density at radius 2 is 2.16 bits per heavy atom. The summed E-state index contributed by atoms with van der Waals surface area (Å²) < 4.78 is 1.97. The van der Waals surface area contributed by atoms with Crippen LogP contribution < -0.4 is 5.73 Å². The molecule has 2 N–H and O–H groups in total. The van der Waals surface area contributed by atoms with Gasteiger partial charge in [0.05, 0.1) is 6.54 Å². The maximum absolute atomic E-state index is 5.83. The molecule has 0 fully saturated rings. The Bertz CT molecular complexity index is 491. The fourth-order valence-corrected chi connectivity index (χ4v) is 2.11. The van der Waals surface area contributed by atoms with Gasteiger partial charge in [-0.1, -0.05) is 12.1 Å². The normalized spacial score (nSPS) is 11.4. The maximum Gasteiger partial charge on any atom is 0.0536 e. The molecule has 4 heteroatoms. The number of nitrogen functional groups attached to an aromatic ring is 1. The molecule has 0 aliphatic carbocycles. The van der Waals surface area contributed by atoms with Crippen LogP contribution in [0.4, 0.5) is 5.69 Å². The van der Waals surface area contributed by atoms with Gasteiger partial charge in [-0.3, -0.25) is 9.58 Å². The van der Waals surface area contributed by atoms with Crippen molar-refractivity contribution in [1.82, 2.24) is 14.7 Å². The largest absolute Gasteiger partial charge is 0.399 e. The van der Waals surface area contributed by atoms with E-state index in [9.17, 15) is 0 Å². The quantitative estimate of drug-likeness (QED) is 0.809. The topological polar surface area (TPSA) is 47.1 Å². The molecular weight excluding hydrogens is 236 g/mol. The molecule has 0 atom stereocenters. The van der Waals surface area contributed by atoms with Gasteiger partial charge in [0.15, 0.2) is 0 Å². The van der Waals surface area contributed by atoms with E-state index < -0.39 is 0 Å². The van der Waals surface area contributed by atoms with Crippen LogP contribution in [0.5, 0.6) is 0 Å². The highest BCUT2D eigenvalue weighted by Gasteiger charge is 2.10. The molecule has 0 unspecified atom stereocenters. The lowest BCUT2D eigenvalue weighted by Crippen LogP contribution is -2.33. The Hall–Kier alpha value is -1.81. The third kappa shape index (κ3) is 4.10. The van der Waals surface area contributed by atoms with Gasteiger partial charge in [-0.25, -0.2) is 0 Å². The van der Waals surface area contributed by atoms with Crippen molar-refractivity contribution >= 4 is 5.69 Å². The van der Waals surface area contributed by atoms with Gasteiger partial charge in [0.2, 0.25) is 0 Å². The number of anilines is 1. The van der Waals surface area contributed by atoms with Crippen molar-refractivity contribution in [2.24, 2.45) is 0 Å². The Balaban J connectivity index is 1.96. The number of nitrogens with zero attached hydrogens (tertiary/aromatic N) is 3. The van der Waals surface area contributed by atoms with Crippen LogP contribution in [0.15, 0.2) is 42.7 Å². The molecule has 0 bridgehead atoms. The first-order valence-corrected chi connectivity index (χ1v) is 6.71. The lowest BCUT2D eigenvalue weighted by atomic mass is 10.1. The van der Waals surface area contributed by atoms with E-state index in [4.69, 9.17) is 5.73 Å². The number of nitrogens with two attached hydrogens (primary N) is 1. The highest BCUT2D eigenvalue weighted by atomic mass is 15.3. The van der Waals surface area contributed by atoms with Gasteiger partial charge in [0, 0.05) is 37.2 Å². The first-order chi connectivity index (χ1) is 9.15. The summed E-state index contributed by atoms with van der Waals surface area (Å²) in [6.45, 7) is 7.25. The molecule has 0 amide bonds. The predicted octanol–water partition coefficient (Wildman–Crippen LogP) is 2.38. The summed E-state index contributed by atoms with van der Waals surface area (Å²) in [4.78, 5) is 2.43. The average Bonchev–Trinajstić information content (AvgIpc) is 2.87. The highest BCUT2D eigenvalue weighted by molar-refractivity contribution is 5.40. The standard InChI is InChI=1S/C15H22N4/c1-13(2)18(9-10-19-8-4-7-17-19)12-14-5-3-6-15(16)11-14/h3-8,11,13H,9-10,12,16H2,1-2H3. The van der Waals surface area contributed by atoms with Crippen molar-refractivity contribution in [3.05, 3.63) is 48.3 Å². The van der Waals surface area contributed by atoms with Gasteiger partial charge in [0.25, 0.3) is 0 Å². The summed E-state index contributed by atoms with van der Waals surface area (Å²) >= 11 is 0. The molecule has 1 heterocycles. The van der Waals surface area contributed by atoms with Gasteiger partial charge in [-0.2, -0.15) is 5.10 Å². The van der Waals surface area contributed by atoms with Crippen LogP contribution in [0.2, 0.25) is 0 Å². The Labute approximate surface area is 114 Å². The Kier molecular flexibility index (Phi) is 4.58. The number of benzene rings is 1. The van der Waals surface area contributed by atoms with E-state index in [-0.39, 0.29) is 0 Å². The number of hydrogen-bond acceptors (Lipinski definition) is 3. The van der Waals surface area contributed by atoms with E-state index >= 15 is 0 Å². The molecule has 0 aliphatic heterocycles. The van der Waals surface area contributed by atoms with E-state index in [0.29, 0.717) is 6.04 Å². The molecule has 0 aliphatic rings. The molecule has 4 nitrogen and oxygen atoms in total. The van der Waals surface area contributed by atoms with Crippen molar-refractivity contribution < 1.29 is 0 Å². The van der Waals surface area contributed by atoms with E-state index in [1.165, 1.54) is 5.56 Å². The molecule has 1 aromatic heterocycles. The fraction of sp³-hybridized carbons (Fsp3) is 0.400. The first-order valence-electron chi connectivity index (χ1n) is 6.71. The molecular formula is C15H22N4. The molecule has 0 saturated heterocycles. The summed E-state index contributed by atoms with van der Waals surface area (Å²) in [5.74, 6) is 0. The highest BCUT2D eigenvalue weighted by Crippen LogP contribution is 2.11. The van der Waals surface area contributed by atoms with Crippen molar-refractivity contribution in [3.63, 3.8) is 0 Å². The minimum Gasteiger partial charge on any atom is -0.399 e. The van der Waals surface area contributed by atoms with Crippen LogP contribution in [0.25, 0.3) is 0 Å². The third-order valence-corrected chi connectivity index (χ3v) is 3.24. The van der Waals surface area contributed by atoms with Crippen LogP contribution in [0.1, 0.15) is 19.4 Å². The smallest absolute Gasteiger partial charge is 0.0536 e. The summed E-state index contributed by atoms with van der Waals surface area (Å²) in [5, 5.41) is 4.24. The Morgan fingerprint density at radius 1 is 1.32 bits per heavy atom. The number of aromatic nitrogens is 2. The average molecular weight is 258 g/mol. The van der Waals surface area contributed by atoms with Crippen molar-refractivity contribution in [3.8, 4) is 0 Å². The van der Waals surface area contributed by atoms with Gasteiger partial charge in [-0.15, -0.1) is 0 Å². The first kappa shape index (κ1) is 13.6. The van der Waals surface area contributed by atoms with Crippen molar-refractivity contribution in [2.45, 2.75) is 33.0 Å². The lowest BCUT2D eigenvalue weighted by molar-refractivity contribution is 0.201. The zero-order chi connectivity index (χ0) is 13.7. The number of hydrogen-bond donors (Lipinski definition) is 1. The molecule has 0 radical (unpaired) electrons. The summed E-state index contributed by atoms with van der Waals surface area (Å²) in [5.41, 5.74) is 7.91. The molecule has 0 spiro atoms. The maximum atomic E-state index is 5.83. The minimum absolute atomic E-state index is 0.497. The van der Waals surface area contributed by atoms with Crippen LogP contribution in [-0.2, 0) is 13.1 Å². The molecule has 1 aromatic carbocycles. The second-order valence-electron chi connectivity index (χ2n) is 5.08. The van der Waals surface area contributed by atoms with Crippen molar-refractivity contribution in [2.75, 3.05) is 12.3 Å². The third-order valence-electron chi connectivity index (χ3n) is 3.24. The van der Waals surface area contributed by atoms with Crippen LogP contribution in [0.3, 0.4) is 0 Å². The summed E-state index contributed by atoms with van der Waals surface area (Å²) in [6, 6.07) is 10.6. The van der Waals surface area contributed by atoms with E-state index in [1.54, 1.807) is 0 Å². The monoisotopic (exact) mass is 258 g/mol. The zero-order valence-corrected chi connectivity index (χ0v) is 11.7. The van der Waals surface area contributed by atoms with Gasteiger partial charge < -0.3 is 5.73 Å². The Morgan fingerprint density at radius 3 is 2.79 bits per heavy atom. The van der Waals surface area contributed by atoms with Gasteiger partial charge in [-0.05, 0) is 37.6 Å². The van der Waals surface area contributed by atoms with E-state index in [1.807, 2.05) is 41.3 Å². The second-order valence-corrected chi connectivity index (χ2v) is 5.08. The van der Waals surface area contributed by atoms with Crippen LogP contribution in [0, 0.1) is 0 Å². The molecule has 19 heavy (non-hydrogen) atoms. The van der Waals surface area contributed by atoms with E-state index in [0.717, 1.165) is 25.3 Å². The molecule has 0 saturated carbocycles. The zero-order valence-electron chi connectivity index (χ0n) is 11.7. The minimum atomic E-state index is 0.497. The second kappa shape index (κ2) is 6.38. The van der Waals surface area contributed by atoms with Crippen LogP contribution >= 0.6 is 0 Å². The fourth-order valence-electron chi connectivity index (χ4n) is 2.11. The van der Waals surface area contributed by atoms with Crippen molar-refractivity contribution in [1.29, 1.82) is 0 Å². The summed E-state index contributed by atoms with van der Waals surface area (Å²) in [7, 11) is 0.